The fourth-order valence-electron chi connectivity index (χ4n) is 1.13. The Morgan fingerprint density at radius 1 is 1.35 bits per heavy atom. The summed E-state index contributed by atoms with van der Waals surface area (Å²) >= 11 is 0. The number of hydrogen-bond donors (Lipinski definition) is 1. The average Bonchev–Trinajstić information content (AvgIpc) is 2.13. The van der Waals surface area contributed by atoms with E-state index in [1.165, 1.54) is 18.5 Å². The smallest absolute Gasteiger partial charge is 0.305 e. The molecule has 0 heterocycles. The predicted molar refractivity (Wildman–Crippen MR) is 65.7 cm³/mol. The van der Waals surface area contributed by atoms with Gasteiger partial charge in [0, 0.05) is 25.6 Å². The Balaban J connectivity index is 4.22. The fourth-order valence-corrected chi connectivity index (χ4v) is 2.43. The average molecular weight is 266 g/mol. The van der Waals surface area contributed by atoms with Gasteiger partial charge < -0.3 is 4.74 Å². The van der Waals surface area contributed by atoms with E-state index >= 15 is 0 Å². The maximum atomic E-state index is 11.8. The van der Waals surface area contributed by atoms with Crippen LogP contribution in [0.4, 0.5) is 0 Å². The van der Waals surface area contributed by atoms with E-state index in [9.17, 15) is 13.2 Å². The van der Waals surface area contributed by atoms with E-state index in [1.807, 2.05) is 0 Å². The normalized spacial score (nSPS) is 12.8. The van der Waals surface area contributed by atoms with Crippen molar-refractivity contribution in [3.8, 4) is 0 Å². The van der Waals surface area contributed by atoms with E-state index in [-0.39, 0.29) is 18.9 Å². The molecule has 17 heavy (non-hydrogen) atoms. The number of nitrogens with zero attached hydrogens (tertiary/aromatic N) is 1. The quantitative estimate of drug-likeness (QED) is 0.711. The Bertz CT molecular complexity index is 346. The number of methoxy groups -OCH3 is 1. The molecule has 0 aromatic heterocycles. The van der Waals surface area contributed by atoms with E-state index in [0.29, 0.717) is 6.42 Å². The Kier molecular flexibility index (Phi) is 6.08. The van der Waals surface area contributed by atoms with Crippen LogP contribution in [0.3, 0.4) is 0 Å². The van der Waals surface area contributed by atoms with Crippen LogP contribution in [0.2, 0.25) is 0 Å². The third-order valence-electron chi connectivity index (χ3n) is 1.93. The molecule has 0 unspecified atom stereocenters. The molecule has 0 aromatic carbocycles. The van der Waals surface area contributed by atoms with Gasteiger partial charge in [-0.15, -0.1) is 0 Å². The van der Waals surface area contributed by atoms with Gasteiger partial charge in [0.05, 0.1) is 7.11 Å². The van der Waals surface area contributed by atoms with Gasteiger partial charge in [-0.05, 0) is 27.2 Å². The van der Waals surface area contributed by atoms with Crippen LogP contribution in [-0.2, 0) is 19.7 Å². The second-order valence-electron chi connectivity index (χ2n) is 4.86. The largest absolute Gasteiger partial charge is 0.469 e. The molecule has 1 N–H and O–H groups in total. The Morgan fingerprint density at radius 3 is 2.29 bits per heavy atom. The summed E-state index contributed by atoms with van der Waals surface area (Å²) in [6, 6.07) is 0. The summed E-state index contributed by atoms with van der Waals surface area (Å²) in [4.78, 5) is 10.9. The summed E-state index contributed by atoms with van der Waals surface area (Å²) in [6.07, 6.45) is 0.653. The van der Waals surface area contributed by atoms with Gasteiger partial charge in [0.15, 0.2) is 0 Å². The first-order valence-corrected chi connectivity index (χ1v) is 6.84. The van der Waals surface area contributed by atoms with Crippen LogP contribution in [0.15, 0.2) is 0 Å². The van der Waals surface area contributed by atoms with Crippen LogP contribution < -0.4 is 4.72 Å². The summed E-state index contributed by atoms with van der Waals surface area (Å²) in [5.41, 5.74) is -0.518. The van der Waals surface area contributed by atoms with Crippen molar-refractivity contribution in [2.45, 2.75) is 39.2 Å². The van der Waals surface area contributed by atoms with Gasteiger partial charge in [-0.2, -0.15) is 17.4 Å². The lowest BCUT2D eigenvalue weighted by molar-refractivity contribution is -0.140. The molecule has 7 heteroatoms. The van der Waals surface area contributed by atoms with E-state index < -0.39 is 15.7 Å². The highest BCUT2D eigenvalue weighted by atomic mass is 32.2. The third-order valence-corrected chi connectivity index (χ3v) is 3.80. The number of hydrogen-bond acceptors (Lipinski definition) is 4. The summed E-state index contributed by atoms with van der Waals surface area (Å²) in [5, 5.41) is 0. The van der Waals surface area contributed by atoms with Crippen LogP contribution in [0.25, 0.3) is 0 Å². The van der Waals surface area contributed by atoms with Gasteiger partial charge in [-0.1, -0.05) is 0 Å². The molecule has 0 aliphatic rings. The summed E-state index contributed by atoms with van der Waals surface area (Å²) < 4.78 is 31.8. The maximum absolute atomic E-state index is 11.8. The van der Waals surface area contributed by atoms with Gasteiger partial charge >= 0.3 is 5.97 Å². The zero-order valence-electron chi connectivity index (χ0n) is 11.1. The van der Waals surface area contributed by atoms with Crippen LogP contribution in [0.5, 0.6) is 0 Å². The molecule has 0 aliphatic carbocycles. The van der Waals surface area contributed by atoms with Crippen LogP contribution in [0.1, 0.15) is 33.6 Å². The number of nitrogens with one attached hydrogen (secondary N) is 1. The zero-order valence-corrected chi connectivity index (χ0v) is 11.9. The topological polar surface area (TPSA) is 75.7 Å². The SMILES string of the molecule is COC(=O)CCCN(C)S(=O)(=O)NC(C)(C)C. The van der Waals surface area contributed by atoms with E-state index in [0.717, 1.165) is 0 Å². The lowest BCUT2D eigenvalue weighted by atomic mass is 10.1. The molecule has 0 atom stereocenters. The van der Waals surface area contributed by atoms with Crippen molar-refractivity contribution in [2.75, 3.05) is 20.7 Å². The van der Waals surface area contributed by atoms with E-state index in [1.54, 1.807) is 20.8 Å². The minimum Gasteiger partial charge on any atom is -0.469 e. The van der Waals surface area contributed by atoms with Gasteiger partial charge in [0.25, 0.3) is 10.2 Å². The fraction of sp³-hybridized carbons (Fsp3) is 0.900. The highest BCUT2D eigenvalue weighted by Crippen LogP contribution is 2.06. The van der Waals surface area contributed by atoms with Crippen molar-refractivity contribution in [3.63, 3.8) is 0 Å². The molecule has 6 nitrogen and oxygen atoms in total. The van der Waals surface area contributed by atoms with Crippen molar-refractivity contribution >= 4 is 16.2 Å². The molecule has 0 spiro atoms. The van der Waals surface area contributed by atoms with Crippen molar-refractivity contribution < 1.29 is 17.9 Å². The van der Waals surface area contributed by atoms with Gasteiger partial charge in [-0.25, -0.2) is 0 Å². The number of carbonyl (C=O) groups excluding carboxylic acids is 1. The first-order valence-electron chi connectivity index (χ1n) is 5.40. The molecular formula is C10H22N2O4S. The first-order chi connectivity index (χ1) is 7.58. The highest BCUT2D eigenvalue weighted by molar-refractivity contribution is 7.87. The number of ether oxygens (including phenoxy) is 1. The predicted octanol–water partition coefficient (Wildman–Crippen LogP) is 0.504. The molecule has 0 radical (unpaired) electrons. The summed E-state index contributed by atoms with van der Waals surface area (Å²) in [7, 11) is -0.704. The molecular weight excluding hydrogens is 244 g/mol. The highest BCUT2D eigenvalue weighted by Gasteiger charge is 2.23. The summed E-state index contributed by atoms with van der Waals surface area (Å²) in [5.74, 6) is -0.334. The molecule has 0 fully saturated rings. The Morgan fingerprint density at radius 2 is 1.88 bits per heavy atom. The van der Waals surface area contributed by atoms with Crippen molar-refractivity contribution in [1.82, 2.24) is 9.03 Å². The molecule has 0 aromatic rings. The number of rotatable bonds is 6. The molecule has 0 saturated heterocycles. The zero-order chi connectivity index (χ0) is 13.7. The maximum Gasteiger partial charge on any atom is 0.305 e. The Hall–Kier alpha value is -0.660. The number of esters is 1. The lowest BCUT2D eigenvalue weighted by Crippen LogP contribution is -2.47. The lowest BCUT2D eigenvalue weighted by Gasteiger charge is -2.25. The van der Waals surface area contributed by atoms with Gasteiger partial charge in [0.2, 0.25) is 0 Å². The van der Waals surface area contributed by atoms with Gasteiger partial charge in [0.1, 0.15) is 0 Å². The molecule has 0 amide bonds. The van der Waals surface area contributed by atoms with Crippen molar-refractivity contribution in [3.05, 3.63) is 0 Å². The van der Waals surface area contributed by atoms with Gasteiger partial charge in [-0.3, -0.25) is 4.79 Å². The minimum atomic E-state index is -3.49. The van der Waals surface area contributed by atoms with E-state index in [4.69, 9.17) is 0 Å². The molecule has 0 rings (SSSR count). The number of carbonyl (C=O) groups is 1. The second kappa shape index (κ2) is 6.32. The first kappa shape index (κ1) is 16.3. The molecule has 0 bridgehead atoms. The van der Waals surface area contributed by atoms with Crippen molar-refractivity contribution in [2.24, 2.45) is 0 Å². The molecule has 102 valence electrons. The second-order valence-corrected chi connectivity index (χ2v) is 6.64. The monoisotopic (exact) mass is 266 g/mol. The van der Waals surface area contributed by atoms with Crippen LogP contribution >= 0.6 is 0 Å². The molecule has 0 aliphatic heterocycles. The third kappa shape index (κ3) is 7.30. The van der Waals surface area contributed by atoms with E-state index in [2.05, 4.69) is 9.46 Å². The molecule has 0 saturated carbocycles. The van der Waals surface area contributed by atoms with Crippen LogP contribution in [-0.4, -0.2) is 44.9 Å². The Labute approximate surface area is 104 Å². The van der Waals surface area contributed by atoms with Crippen LogP contribution in [0, 0.1) is 0 Å². The summed E-state index contributed by atoms with van der Waals surface area (Å²) in [6.45, 7) is 5.59. The van der Waals surface area contributed by atoms with Crippen molar-refractivity contribution in [1.29, 1.82) is 0 Å². The standard InChI is InChI=1S/C10H22N2O4S/c1-10(2,3)11-17(14,15)12(4)8-6-7-9(13)16-5/h11H,6-8H2,1-5H3. The minimum absolute atomic E-state index is 0.214.